The summed E-state index contributed by atoms with van der Waals surface area (Å²) in [5.41, 5.74) is 11.0. The Morgan fingerprint density at radius 3 is 2.74 bits per heavy atom. The van der Waals surface area contributed by atoms with E-state index in [1.165, 1.54) is 0 Å². The molecule has 0 amide bonds. The number of benzene rings is 1. The molecule has 0 atom stereocenters. The molecular weight excluding hydrogens is 336 g/mol. The fourth-order valence-corrected chi connectivity index (χ4v) is 3.90. The Balaban J connectivity index is 1.63. The molecule has 1 fully saturated rings. The first-order chi connectivity index (χ1) is 13.0. The standard InChI is InChI=1S/C21H26N6/c1-13(2)20-17-12-14(4-9-19(17)26-27(20)3)18-10-11-23-21(25-18)24-16-7-5-15(22)6-8-16/h4,9-12,15-16H,1,5-8,22H2,2-3H3,(H,23,24,25). The lowest BCUT2D eigenvalue weighted by Crippen LogP contribution is -2.33. The van der Waals surface area contributed by atoms with Gasteiger partial charge in [0, 0.05) is 36.3 Å². The van der Waals surface area contributed by atoms with Crippen LogP contribution in [0.2, 0.25) is 0 Å². The SMILES string of the molecule is C=C(C)c1c2cc(-c3ccnc(NC4CCC(N)CC4)n3)ccc2nn1C. The van der Waals surface area contributed by atoms with Crippen LogP contribution in [0.4, 0.5) is 5.95 Å². The van der Waals surface area contributed by atoms with E-state index in [4.69, 9.17) is 10.7 Å². The summed E-state index contributed by atoms with van der Waals surface area (Å²) in [6.45, 7) is 6.10. The number of hydrogen-bond donors (Lipinski definition) is 2. The minimum atomic E-state index is 0.337. The third-order valence-corrected chi connectivity index (χ3v) is 5.29. The first-order valence-electron chi connectivity index (χ1n) is 9.49. The Morgan fingerprint density at radius 2 is 2.00 bits per heavy atom. The Morgan fingerprint density at radius 1 is 1.22 bits per heavy atom. The summed E-state index contributed by atoms with van der Waals surface area (Å²) in [6.07, 6.45) is 6.06. The highest BCUT2D eigenvalue weighted by Crippen LogP contribution is 2.28. The third-order valence-electron chi connectivity index (χ3n) is 5.29. The lowest BCUT2D eigenvalue weighted by Gasteiger charge is -2.26. The molecule has 2 heterocycles. The van der Waals surface area contributed by atoms with Gasteiger partial charge in [-0.25, -0.2) is 9.97 Å². The number of allylic oxidation sites excluding steroid dienone is 1. The maximum absolute atomic E-state index is 6.00. The summed E-state index contributed by atoms with van der Waals surface area (Å²) in [5.74, 6) is 0.680. The van der Waals surface area contributed by atoms with Crippen LogP contribution in [-0.2, 0) is 7.05 Å². The highest BCUT2D eigenvalue weighted by molar-refractivity contribution is 5.92. The summed E-state index contributed by atoms with van der Waals surface area (Å²) < 4.78 is 1.89. The van der Waals surface area contributed by atoms with Crippen LogP contribution in [0.5, 0.6) is 0 Å². The molecule has 0 unspecified atom stereocenters. The van der Waals surface area contributed by atoms with Crippen LogP contribution in [0.25, 0.3) is 27.7 Å². The molecular formula is C21H26N6. The lowest BCUT2D eigenvalue weighted by molar-refractivity contribution is 0.410. The van der Waals surface area contributed by atoms with Gasteiger partial charge in [0.25, 0.3) is 0 Å². The maximum atomic E-state index is 6.00. The molecule has 0 saturated heterocycles. The summed E-state index contributed by atoms with van der Waals surface area (Å²) in [6, 6.07) is 8.91. The predicted molar refractivity (Wildman–Crippen MR) is 110 cm³/mol. The van der Waals surface area contributed by atoms with Crippen LogP contribution in [0, 0.1) is 0 Å². The van der Waals surface area contributed by atoms with E-state index in [0.29, 0.717) is 18.0 Å². The fourth-order valence-electron chi connectivity index (χ4n) is 3.90. The molecule has 4 rings (SSSR count). The quantitative estimate of drug-likeness (QED) is 0.739. The molecule has 3 aromatic rings. The number of nitrogens with two attached hydrogens (primary N) is 1. The van der Waals surface area contributed by atoms with Gasteiger partial charge in [0.1, 0.15) is 0 Å². The number of nitrogens with zero attached hydrogens (tertiary/aromatic N) is 4. The molecule has 1 saturated carbocycles. The second kappa shape index (κ2) is 7.12. The van der Waals surface area contributed by atoms with Gasteiger partial charge in [0.15, 0.2) is 0 Å². The first kappa shape index (κ1) is 17.7. The predicted octanol–water partition coefficient (Wildman–Crippen LogP) is 3.75. The topological polar surface area (TPSA) is 81.7 Å². The van der Waals surface area contributed by atoms with Crippen molar-refractivity contribution in [2.45, 2.75) is 44.7 Å². The Bertz CT molecular complexity index is 982. The Kier molecular flexibility index (Phi) is 4.66. The Hall–Kier alpha value is -2.73. The molecule has 0 bridgehead atoms. The molecule has 0 spiro atoms. The van der Waals surface area contributed by atoms with Gasteiger partial charge in [-0.1, -0.05) is 12.6 Å². The second-order valence-corrected chi connectivity index (χ2v) is 7.51. The van der Waals surface area contributed by atoms with Crippen LogP contribution in [0.15, 0.2) is 37.0 Å². The molecule has 2 aromatic heterocycles. The fraction of sp³-hybridized carbons (Fsp3) is 0.381. The molecule has 6 nitrogen and oxygen atoms in total. The van der Waals surface area contributed by atoms with Gasteiger partial charge in [-0.2, -0.15) is 5.10 Å². The molecule has 1 aromatic carbocycles. The van der Waals surface area contributed by atoms with Gasteiger partial charge in [0.05, 0.1) is 16.9 Å². The molecule has 0 aliphatic heterocycles. The van der Waals surface area contributed by atoms with Crippen LogP contribution < -0.4 is 11.1 Å². The van der Waals surface area contributed by atoms with E-state index in [1.54, 1.807) is 0 Å². The van der Waals surface area contributed by atoms with Crippen LogP contribution >= 0.6 is 0 Å². The minimum absolute atomic E-state index is 0.337. The lowest BCUT2D eigenvalue weighted by atomic mass is 9.92. The minimum Gasteiger partial charge on any atom is -0.351 e. The van der Waals surface area contributed by atoms with Crippen molar-refractivity contribution in [3.8, 4) is 11.3 Å². The van der Waals surface area contributed by atoms with E-state index in [0.717, 1.165) is 59.1 Å². The van der Waals surface area contributed by atoms with E-state index in [2.05, 4.69) is 34.1 Å². The summed E-state index contributed by atoms with van der Waals surface area (Å²) in [4.78, 5) is 9.15. The molecule has 1 aliphatic carbocycles. The summed E-state index contributed by atoms with van der Waals surface area (Å²) in [5, 5.41) is 9.14. The molecule has 0 radical (unpaired) electrons. The smallest absolute Gasteiger partial charge is 0.223 e. The van der Waals surface area contributed by atoms with Gasteiger partial charge in [-0.3, -0.25) is 4.68 Å². The van der Waals surface area contributed by atoms with Crippen molar-refractivity contribution in [1.82, 2.24) is 19.7 Å². The average Bonchev–Trinajstić information content (AvgIpc) is 2.99. The molecule has 140 valence electrons. The highest BCUT2D eigenvalue weighted by Gasteiger charge is 2.19. The monoisotopic (exact) mass is 362 g/mol. The van der Waals surface area contributed by atoms with Crippen molar-refractivity contribution >= 4 is 22.4 Å². The van der Waals surface area contributed by atoms with Gasteiger partial charge in [-0.05, 0) is 56.4 Å². The van der Waals surface area contributed by atoms with Gasteiger partial charge in [-0.15, -0.1) is 0 Å². The van der Waals surface area contributed by atoms with Crippen molar-refractivity contribution in [2.75, 3.05) is 5.32 Å². The van der Waals surface area contributed by atoms with Crippen molar-refractivity contribution < 1.29 is 0 Å². The van der Waals surface area contributed by atoms with E-state index < -0.39 is 0 Å². The summed E-state index contributed by atoms with van der Waals surface area (Å²) >= 11 is 0. The van der Waals surface area contributed by atoms with Crippen molar-refractivity contribution in [3.63, 3.8) is 0 Å². The van der Waals surface area contributed by atoms with Gasteiger partial charge >= 0.3 is 0 Å². The van der Waals surface area contributed by atoms with E-state index in [9.17, 15) is 0 Å². The second-order valence-electron chi connectivity index (χ2n) is 7.51. The van der Waals surface area contributed by atoms with Crippen LogP contribution in [0.1, 0.15) is 38.3 Å². The maximum Gasteiger partial charge on any atom is 0.223 e. The van der Waals surface area contributed by atoms with E-state index in [1.807, 2.05) is 37.0 Å². The van der Waals surface area contributed by atoms with Crippen LogP contribution in [-0.4, -0.2) is 31.8 Å². The molecule has 6 heteroatoms. The zero-order chi connectivity index (χ0) is 19.0. The van der Waals surface area contributed by atoms with E-state index in [-0.39, 0.29) is 0 Å². The first-order valence-corrected chi connectivity index (χ1v) is 9.49. The molecule has 3 N–H and O–H groups in total. The number of fused-ring (bicyclic) bond motifs is 1. The van der Waals surface area contributed by atoms with Gasteiger partial charge in [0.2, 0.25) is 5.95 Å². The third kappa shape index (κ3) is 3.57. The van der Waals surface area contributed by atoms with Crippen LogP contribution in [0.3, 0.4) is 0 Å². The Labute approximate surface area is 159 Å². The highest BCUT2D eigenvalue weighted by atomic mass is 15.3. The van der Waals surface area contributed by atoms with Crippen molar-refractivity contribution in [2.24, 2.45) is 12.8 Å². The zero-order valence-electron chi connectivity index (χ0n) is 15.9. The van der Waals surface area contributed by atoms with E-state index >= 15 is 0 Å². The number of aromatic nitrogens is 4. The summed E-state index contributed by atoms with van der Waals surface area (Å²) in [7, 11) is 1.95. The zero-order valence-corrected chi connectivity index (χ0v) is 15.9. The average molecular weight is 362 g/mol. The van der Waals surface area contributed by atoms with Crippen molar-refractivity contribution in [3.05, 3.63) is 42.7 Å². The number of nitrogens with one attached hydrogen (secondary N) is 1. The van der Waals surface area contributed by atoms with Gasteiger partial charge < -0.3 is 11.1 Å². The number of aryl methyl sites for hydroxylation is 1. The number of hydrogen-bond acceptors (Lipinski definition) is 5. The molecule has 1 aliphatic rings. The number of rotatable bonds is 4. The van der Waals surface area contributed by atoms with Crippen molar-refractivity contribution in [1.29, 1.82) is 0 Å². The number of anilines is 1. The largest absolute Gasteiger partial charge is 0.351 e. The molecule has 27 heavy (non-hydrogen) atoms. The normalized spacial score (nSPS) is 20.0.